The summed E-state index contributed by atoms with van der Waals surface area (Å²) in [5, 5.41) is 29.2. The minimum absolute atomic E-state index is 0.00178. The molecule has 2 amide bonds. The summed E-state index contributed by atoms with van der Waals surface area (Å²) in [7, 11) is 4.09. The number of piperidine rings is 2. The average molecular weight is 605 g/mol. The average Bonchev–Trinajstić information content (AvgIpc) is 3.02. The highest BCUT2D eigenvalue weighted by Crippen LogP contribution is 2.34. The van der Waals surface area contributed by atoms with Crippen LogP contribution in [0, 0.1) is 0 Å². The largest absolute Gasteiger partial charge is 0.850 e. The van der Waals surface area contributed by atoms with Crippen LogP contribution < -0.4 is 20.8 Å². The molecular weight excluding hydrogens is 560 g/mol. The summed E-state index contributed by atoms with van der Waals surface area (Å²) in [5.74, 6) is -1.19. The van der Waals surface area contributed by atoms with Crippen LogP contribution in [0.15, 0.2) is 36.4 Å². The number of likely N-dealkylation sites (N-methyl/N-ethyl adjacent to an activating group) is 2. The molecule has 236 valence electrons. The van der Waals surface area contributed by atoms with Crippen LogP contribution in [0.2, 0.25) is 0 Å². The molecule has 4 unspecified atom stereocenters. The zero-order chi connectivity index (χ0) is 31.5. The van der Waals surface area contributed by atoms with Crippen molar-refractivity contribution in [1.29, 1.82) is 0 Å². The van der Waals surface area contributed by atoms with Crippen molar-refractivity contribution >= 4 is 34.8 Å². The number of hydrogen-bond acceptors (Lipinski definition) is 6. The fourth-order valence-corrected chi connectivity index (χ4v) is 7.34. The summed E-state index contributed by atoms with van der Waals surface area (Å²) >= 11 is 0. The van der Waals surface area contributed by atoms with E-state index in [1.807, 2.05) is 14.1 Å². The Labute approximate surface area is 259 Å². The molecule has 2 N–H and O–H groups in total. The van der Waals surface area contributed by atoms with Gasteiger partial charge in [-0.15, -0.1) is 0 Å². The second-order valence-electron chi connectivity index (χ2n) is 13.2. The number of carbonyl (C=O) groups is 4. The molecule has 4 atom stereocenters. The first kappa shape index (κ1) is 32.0. The molecule has 2 aromatic carbocycles. The van der Waals surface area contributed by atoms with Gasteiger partial charge in [0.2, 0.25) is 11.8 Å². The molecule has 2 aromatic rings. The van der Waals surface area contributed by atoms with E-state index in [0.717, 1.165) is 51.6 Å². The number of nitrogens with zero attached hydrogens (tertiary/aromatic N) is 2. The first-order valence-electron chi connectivity index (χ1n) is 15.9. The number of hydrogen-bond donors (Lipinski definition) is 2. The van der Waals surface area contributed by atoms with Gasteiger partial charge in [0.15, 0.2) is 11.6 Å². The third kappa shape index (κ3) is 6.49. The number of rotatable bonds is 10. The number of nitrogens with one attached hydrogen (secondary N) is 2. The van der Waals surface area contributed by atoms with Crippen molar-refractivity contribution in [3.63, 3.8) is 0 Å². The minimum atomic E-state index is -0.365. The Bertz CT molecular complexity index is 1440. The Morgan fingerprint density at radius 3 is 1.93 bits per heavy atom. The number of amides is 2. The van der Waals surface area contributed by atoms with Gasteiger partial charge in [-0.05, 0) is 62.8 Å². The zero-order valence-electron chi connectivity index (χ0n) is 25.9. The van der Waals surface area contributed by atoms with Crippen LogP contribution in [0.1, 0.15) is 83.2 Å². The van der Waals surface area contributed by atoms with E-state index in [-0.39, 0.29) is 83.8 Å². The molecule has 2 saturated heterocycles. The van der Waals surface area contributed by atoms with Gasteiger partial charge >= 0.3 is 0 Å². The summed E-state index contributed by atoms with van der Waals surface area (Å²) in [6, 6.07) is 9.56. The smallest absolute Gasteiger partial charge is 0.230 e. The van der Waals surface area contributed by atoms with Gasteiger partial charge in [0.05, 0.1) is 76.5 Å². The van der Waals surface area contributed by atoms with Crippen molar-refractivity contribution < 1.29 is 38.4 Å². The maximum absolute atomic E-state index is 13.6. The van der Waals surface area contributed by atoms with Crippen LogP contribution in [0.5, 0.6) is 0 Å². The molecular formula is C34H44N4O6. The molecule has 3 aliphatic rings. The number of quaternary nitrogens is 2. The fourth-order valence-electron chi connectivity index (χ4n) is 7.34. The van der Waals surface area contributed by atoms with Gasteiger partial charge in [-0.25, -0.2) is 0 Å². The Kier molecular flexibility index (Phi) is 9.65. The molecule has 44 heavy (non-hydrogen) atoms. The normalized spacial score (nSPS) is 26.5. The van der Waals surface area contributed by atoms with E-state index in [1.165, 1.54) is 6.07 Å². The molecule has 1 aliphatic carbocycles. The summed E-state index contributed by atoms with van der Waals surface area (Å²) in [4.78, 5) is 53.1. The van der Waals surface area contributed by atoms with Crippen molar-refractivity contribution in [1.82, 2.24) is 0 Å². The standard InChI is InChI=1S/C34H44N4O6/c1-37(16-5-3-8-24(37)21-39)18-14-30(41)35-23-12-13-26-28(20-23)33(43)27-10-7-11-29(32(27)34(26)44)36-31(42)15-19-38(2)17-6-4-9-25(38)22-40/h7,10-13,20,24-25H,3-6,8-9,14-19,21-22H2,1-2H3,(H,35,41)(H,36,42). The summed E-state index contributed by atoms with van der Waals surface area (Å²) in [6.07, 6.45) is 6.38. The van der Waals surface area contributed by atoms with Crippen LogP contribution in [0.25, 0.3) is 0 Å². The molecule has 0 aromatic heterocycles. The Morgan fingerprint density at radius 1 is 0.750 bits per heavy atom. The predicted molar refractivity (Wildman–Crippen MR) is 163 cm³/mol. The van der Waals surface area contributed by atoms with Crippen LogP contribution in [0.3, 0.4) is 0 Å². The quantitative estimate of drug-likeness (QED) is 0.339. The first-order chi connectivity index (χ1) is 21.1. The molecule has 0 saturated carbocycles. The van der Waals surface area contributed by atoms with Crippen LogP contribution in [0.4, 0.5) is 11.4 Å². The van der Waals surface area contributed by atoms with Gasteiger partial charge in [0.1, 0.15) is 0 Å². The highest BCUT2D eigenvalue weighted by molar-refractivity contribution is 6.30. The lowest BCUT2D eigenvalue weighted by atomic mass is 9.83. The van der Waals surface area contributed by atoms with E-state index in [2.05, 4.69) is 10.6 Å². The number of fused-ring (bicyclic) bond motifs is 2. The third-order valence-electron chi connectivity index (χ3n) is 10.4. The lowest BCUT2D eigenvalue weighted by Gasteiger charge is -2.46. The Morgan fingerprint density at radius 2 is 1.34 bits per heavy atom. The van der Waals surface area contributed by atoms with Crippen LogP contribution >= 0.6 is 0 Å². The summed E-state index contributed by atoms with van der Waals surface area (Å²) in [6.45, 7) is 2.56. The van der Waals surface area contributed by atoms with Crippen molar-refractivity contribution in [3.05, 3.63) is 58.7 Å². The molecule has 0 radical (unpaired) electrons. The number of benzene rings is 2. The van der Waals surface area contributed by atoms with Gasteiger partial charge in [0, 0.05) is 22.4 Å². The van der Waals surface area contributed by atoms with E-state index in [0.29, 0.717) is 33.4 Å². The molecule has 5 rings (SSSR count). The Hall–Kier alpha value is -3.44. The first-order valence-corrected chi connectivity index (χ1v) is 15.9. The summed E-state index contributed by atoms with van der Waals surface area (Å²) in [5.41, 5.74) is 1.51. The van der Waals surface area contributed by atoms with Crippen molar-refractivity contribution in [3.8, 4) is 0 Å². The number of carbonyl (C=O) groups excluding carboxylic acids is 4. The van der Waals surface area contributed by atoms with E-state index in [9.17, 15) is 29.4 Å². The number of likely N-dealkylation sites (tertiary alicyclic amines) is 2. The van der Waals surface area contributed by atoms with E-state index >= 15 is 0 Å². The summed E-state index contributed by atoms with van der Waals surface area (Å²) < 4.78 is 1.18. The van der Waals surface area contributed by atoms with Crippen molar-refractivity contribution in [2.45, 2.75) is 63.5 Å². The lowest BCUT2D eigenvalue weighted by Crippen LogP contribution is -2.59. The maximum atomic E-state index is 13.6. The molecule has 10 heteroatoms. The van der Waals surface area contributed by atoms with Gasteiger partial charge in [-0.1, -0.05) is 25.3 Å². The highest BCUT2D eigenvalue weighted by atomic mass is 16.3. The second kappa shape index (κ2) is 13.3. The van der Waals surface area contributed by atoms with E-state index < -0.39 is 0 Å². The van der Waals surface area contributed by atoms with Crippen molar-refractivity contribution in [2.75, 3.05) is 64.1 Å². The number of anilines is 2. The van der Waals surface area contributed by atoms with Gasteiger partial charge in [0.25, 0.3) is 0 Å². The lowest BCUT2D eigenvalue weighted by molar-refractivity contribution is -0.942. The van der Waals surface area contributed by atoms with E-state index in [4.69, 9.17) is 0 Å². The monoisotopic (exact) mass is 604 g/mol. The molecule has 2 fully saturated rings. The molecule has 10 nitrogen and oxygen atoms in total. The van der Waals surface area contributed by atoms with Crippen LogP contribution in [-0.2, 0) is 9.59 Å². The van der Waals surface area contributed by atoms with Gasteiger partial charge in [-0.2, -0.15) is 0 Å². The van der Waals surface area contributed by atoms with Gasteiger partial charge in [-0.3, -0.25) is 19.2 Å². The van der Waals surface area contributed by atoms with Gasteiger partial charge < -0.3 is 29.8 Å². The third-order valence-corrected chi connectivity index (χ3v) is 10.4. The number of ketones is 2. The minimum Gasteiger partial charge on any atom is -0.850 e. The molecule has 2 aliphatic heterocycles. The molecule has 0 spiro atoms. The SMILES string of the molecule is C[N+]1(CCC(=O)Nc2ccc3c(c2)C(=O)c2cccc(NC(=O)CC[N+]4(C)CCCCC4C[O-])c2C3=O)CCCCC1C[O-]. The molecule has 2 heterocycles. The highest BCUT2D eigenvalue weighted by Gasteiger charge is 2.36. The topological polar surface area (TPSA) is 138 Å². The second-order valence-corrected chi connectivity index (χ2v) is 13.2. The van der Waals surface area contributed by atoms with E-state index in [1.54, 1.807) is 30.3 Å². The fraction of sp³-hybridized carbons (Fsp3) is 0.529. The van der Waals surface area contributed by atoms with Crippen molar-refractivity contribution in [2.24, 2.45) is 0 Å². The zero-order valence-corrected chi connectivity index (χ0v) is 25.9. The maximum Gasteiger partial charge on any atom is 0.230 e. The predicted octanol–water partition coefficient (Wildman–Crippen LogP) is 1.84. The Balaban J connectivity index is 1.26. The molecule has 0 bridgehead atoms. The van der Waals surface area contributed by atoms with Crippen LogP contribution in [-0.4, -0.2) is 97.9 Å².